The summed E-state index contributed by atoms with van der Waals surface area (Å²) in [5, 5.41) is 24.0. The highest BCUT2D eigenvalue weighted by atomic mass is 32.1. The third kappa shape index (κ3) is 5.46. The predicted octanol–water partition coefficient (Wildman–Crippen LogP) is 4.58. The van der Waals surface area contributed by atoms with Crippen molar-refractivity contribution in [2.75, 3.05) is 18.9 Å². The van der Waals surface area contributed by atoms with Crippen molar-refractivity contribution in [3.8, 4) is 6.07 Å². The fourth-order valence-electron chi connectivity index (χ4n) is 6.10. The molecule has 1 heterocycles. The summed E-state index contributed by atoms with van der Waals surface area (Å²) in [4.78, 5) is 33.0. The number of nitrogens with zero attached hydrogens (tertiary/aromatic N) is 3. The highest BCUT2D eigenvalue weighted by Gasteiger charge is 2.54. The summed E-state index contributed by atoms with van der Waals surface area (Å²) in [7, 11) is 1.73. The Labute approximate surface area is 207 Å². The molecule has 1 aromatic rings. The lowest BCUT2D eigenvalue weighted by Gasteiger charge is -2.53. The van der Waals surface area contributed by atoms with Crippen LogP contribution < -0.4 is 5.32 Å². The Kier molecular flexibility index (Phi) is 7.79. The van der Waals surface area contributed by atoms with Gasteiger partial charge < -0.3 is 15.3 Å². The van der Waals surface area contributed by atoms with E-state index in [1.807, 2.05) is 27.7 Å². The summed E-state index contributed by atoms with van der Waals surface area (Å²) >= 11 is 1.56. The molecular formula is C26H40N4O3S. The molecule has 0 bridgehead atoms. The first-order valence-corrected chi connectivity index (χ1v) is 13.2. The Morgan fingerprint density at radius 3 is 2.71 bits per heavy atom. The molecule has 188 valence electrons. The molecule has 7 nitrogen and oxygen atoms in total. The predicted molar refractivity (Wildman–Crippen MR) is 134 cm³/mol. The Hall–Kier alpha value is -1.98. The minimum Gasteiger partial charge on any atom is -0.392 e. The molecule has 0 radical (unpaired) electrons. The maximum atomic E-state index is 13.0. The number of anilines is 1. The largest absolute Gasteiger partial charge is 0.392 e. The van der Waals surface area contributed by atoms with Crippen LogP contribution in [0.3, 0.4) is 0 Å². The number of aliphatic hydroxyl groups excluding tert-OH is 1. The molecule has 1 aromatic heterocycles. The van der Waals surface area contributed by atoms with E-state index in [0.29, 0.717) is 24.5 Å². The normalized spacial score (nSPS) is 29.4. The van der Waals surface area contributed by atoms with E-state index in [1.54, 1.807) is 23.3 Å². The van der Waals surface area contributed by atoms with Crippen molar-refractivity contribution in [2.45, 2.75) is 85.7 Å². The second kappa shape index (κ2) is 9.94. The molecule has 2 aliphatic carbocycles. The van der Waals surface area contributed by atoms with Gasteiger partial charge in [0.05, 0.1) is 24.3 Å². The van der Waals surface area contributed by atoms with Crippen LogP contribution in [0.15, 0.2) is 0 Å². The van der Waals surface area contributed by atoms with Gasteiger partial charge in [-0.15, -0.1) is 11.3 Å². The molecular weight excluding hydrogens is 448 g/mol. The lowest BCUT2D eigenvalue weighted by molar-refractivity contribution is -0.143. The molecule has 1 fully saturated rings. The van der Waals surface area contributed by atoms with E-state index >= 15 is 0 Å². The number of thiazole rings is 1. The van der Waals surface area contributed by atoms with E-state index in [4.69, 9.17) is 10.2 Å². The quantitative estimate of drug-likeness (QED) is 0.610. The summed E-state index contributed by atoms with van der Waals surface area (Å²) in [6, 6.07) is 2.09. The first-order valence-electron chi connectivity index (χ1n) is 12.4. The number of carbonyl (C=O) groups excluding carboxylic acids is 2. The van der Waals surface area contributed by atoms with Crippen LogP contribution in [0, 0.1) is 39.9 Å². The summed E-state index contributed by atoms with van der Waals surface area (Å²) in [5.74, 6) is -0.427. The Balaban J connectivity index is 1.78. The van der Waals surface area contributed by atoms with E-state index < -0.39 is 6.10 Å². The molecule has 3 rings (SSSR count). The van der Waals surface area contributed by atoms with Gasteiger partial charge in [-0.25, -0.2) is 4.98 Å². The third-order valence-corrected chi connectivity index (χ3v) is 8.81. The van der Waals surface area contributed by atoms with Crippen molar-refractivity contribution in [3.63, 3.8) is 0 Å². The maximum absolute atomic E-state index is 13.0. The molecule has 2 N–H and O–H groups in total. The number of amides is 2. The van der Waals surface area contributed by atoms with E-state index in [2.05, 4.69) is 25.2 Å². The molecule has 8 heteroatoms. The lowest BCUT2D eigenvalue weighted by atomic mass is 9.53. The second-order valence-electron chi connectivity index (χ2n) is 11.9. The van der Waals surface area contributed by atoms with Gasteiger partial charge in [0.15, 0.2) is 5.13 Å². The fourth-order valence-corrected chi connectivity index (χ4v) is 7.38. The minimum absolute atomic E-state index is 0.00126. The van der Waals surface area contributed by atoms with Crippen LogP contribution in [0.2, 0.25) is 0 Å². The van der Waals surface area contributed by atoms with Gasteiger partial charge in [0, 0.05) is 36.7 Å². The van der Waals surface area contributed by atoms with Crippen molar-refractivity contribution in [2.24, 2.45) is 28.6 Å². The Bertz CT molecular complexity index is 962. The number of aromatic nitrogens is 1. The van der Waals surface area contributed by atoms with E-state index in [0.717, 1.165) is 25.0 Å². The van der Waals surface area contributed by atoms with Crippen molar-refractivity contribution >= 4 is 28.3 Å². The molecule has 0 unspecified atom stereocenters. The first kappa shape index (κ1) is 26.6. The number of hydrogen-bond acceptors (Lipinski definition) is 6. The molecule has 6 atom stereocenters. The first-order chi connectivity index (χ1) is 15.8. The number of nitriles is 1. The van der Waals surface area contributed by atoms with Gasteiger partial charge in [-0.3, -0.25) is 9.59 Å². The number of aliphatic hydroxyl groups is 1. The van der Waals surface area contributed by atoms with Crippen LogP contribution in [-0.2, 0) is 16.0 Å². The molecule has 2 amide bonds. The second-order valence-corrected chi connectivity index (χ2v) is 13.0. The summed E-state index contributed by atoms with van der Waals surface area (Å²) in [6.07, 6.45) is 2.70. The van der Waals surface area contributed by atoms with Crippen molar-refractivity contribution in [3.05, 3.63) is 10.6 Å². The zero-order valence-electron chi connectivity index (χ0n) is 21.6. The molecule has 0 spiro atoms. The summed E-state index contributed by atoms with van der Waals surface area (Å²) < 4.78 is 0. The Morgan fingerprint density at radius 2 is 2.09 bits per heavy atom. The molecule has 34 heavy (non-hydrogen) atoms. The highest BCUT2D eigenvalue weighted by molar-refractivity contribution is 7.15. The molecule has 2 aliphatic rings. The number of carbonyl (C=O) groups is 2. The average Bonchev–Trinajstić information content (AvgIpc) is 3.11. The van der Waals surface area contributed by atoms with E-state index in [9.17, 15) is 14.7 Å². The fraction of sp³-hybridized carbons (Fsp3) is 0.769. The van der Waals surface area contributed by atoms with Gasteiger partial charge in [-0.1, -0.05) is 41.5 Å². The van der Waals surface area contributed by atoms with E-state index in [1.165, 1.54) is 4.88 Å². The van der Waals surface area contributed by atoms with Gasteiger partial charge in [-0.2, -0.15) is 5.26 Å². The third-order valence-electron chi connectivity index (χ3n) is 7.83. The smallest absolute Gasteiger partial charge is 0.226 e. The topological polar surface area (TPSA) is 106 Å². The molecule has 0 aromatic carbocycles. The zero-order chi connectivity index (χ0) is 25.4. The van der Waals surface area contributed by atoms with Crippen LogP contribution in [0.1, 0.15) is 83.7 Å². The molecule has 1 saturated carbocycles. The van der Waals surface area contributed by atoms with Crippen LogP contribution in [0.5, 0.6) is 0 Å². The van der Waals surface area contributed by atoms with Crippen LogP contribution in [0.4, 0.5) is 5.13 Å². The number of hydrogen-bond donors (Lipinski definition) is 2. The highest BCUT2D eigenvalue weighted by Crippen LogP contribution is 2.57. The Morgan fingerprint density at radius 1 is 1.41 bits per heavy atom. The van der Waals surface area contributed by atoms with Crippen molar-refractivity contribution < 1.29 is 14.7 Å². The minimum atomic E-state index is -0.606. The van der Waals surface area contributed by atoms with Crippen LogP contribution in [-0.4, -0.2) is 46.5 Å². The summed E-state index contributed by atoms with van der Waals surface area (Å²) in [6.45, 7) is 12.8. The van der Waals surface area contributed by atoms with E-state index in [-0.39, 0.29) is 46.3 Å². The molecule has 0 saturated heterocycles. The van der Waals surface area contributed by atoms with Gasteiger partial charge in [0.25, 0.3) is 0 Å². The van der Waals surface area contributed by atoms with Crippen LogP contribution >= 0.6 is 11.3 Å². The van der Waals surface area contributed by atoms with Crippen molar-refractivity contribution in [1.29, 1.82) is 5.26 Å². The van der Waals surface area contributed by atoms with Crippen molar-refractivity contribution in [1.82, 2.24) is 9.88 Å². The monoisotopic (exact) mass is 488 g/mol. The molecule has 0 aliphatic heterocycles. The SMILES string of the molecule is C[C@H](C(=O)N(C)CCC#N)[C@@H]1CC[C@]2(C)Cc3sc(NC(=O)CC(C)(C)C)nc3[C@@H](C)[C@@H]2[C@H]1O. The van der Waals surface area contributed by atoms with Gasteiger partial charge >= 0.3 is 0 Å². The van der Waals surface area contributed by atoms with Crippen LogP contribution in [0.25, 0.3) is 0 Å². The average molecular weight is 489 g/mol. The van der Waals surface area contributed by atoms with Gasteiger partial charge in [0.1, 0.15) is 0 Å². The maximum Gasteiger partial charge on any atom is 0.226 e. The zero-order valence-corrected chi connectivity index (χ0v) is 22.5. The number of rotatable bonds is 6. The van der Waals surface area contributed by atoms with Gasteiger partial charge in [0.2, 0.25) is 11.8 Å². The number of nitrogens with one attached hydrogen (secondary N) is 1. The standard InChI is InChI=1S/C26H40N4O3S/c1-15(23(33)30(7)12-8-11-27)17-9-10-26(6)13-18-21(16(2)20(26)22(17)32)29-24(34-18)28-19(31)14-25(3,4)5/h15-17,20,22,32H,8-10,12-14H2,1-7H3,(H,28,29,31)/t15-,16-,17-,20+,22-,26+/m0/s1. The number of fused-ring (bicyclic) bond motifs is 2. The lowest BCUT2D eigenvalue weighted by Crippen LogP contribution is -2.53. The van der Waals surface area contributed by atoms with Gasteiger partial charge in [-0.05, 0) is 41.9 Å². The summed E-state index contributed by atoms with van der Waals surface area (Å²) in [5.41, 5.74) is 0.812.